The molecule has 3 heterocycles. The second kappa shape index (κ2) is 6.85. The summed E-state index contributed by atoms with van der Waals surface area (Å²) >= 11 is 0. The lowest BCUT2D eigenvalue weighted by atomic mass is 9.99. The molecular weight excluding hydrogens is 362 g/mol. The molecule has 138 valence electrons. The zero-order valence-corrected chi connectivity index (χ0v) is 13.1. The van der Waals surface area contributed by atoms with Gasteiger partial charge in [0, 0.05) is 23.5 Å². The van der Waals surface area contributed by atoms with Gasteiger partial charge in [0.15, 0.2) is 0 Å². The SMILES string of the molecule is Fc1ncccc1C1=C2C=C(C(F)(F)F)C=CN2C(NCC(F)F)=NC1. The smallest absolute Gasteiger partial charge is 0.350 e. The first-order valence-corrected chi connectivity index (χ1v) is 7.44. The highest BCUT2D eigenvalue weighted by atomic mass is 19.4. The van der Waals surface area contributed by atoms with Crippen molar-refractivity contribution in [2.75, 3.05) is 13.1 Å². The van der Waals surface area contributed by atoms with Crippen molar-refractivity contribution in [3.63, 3.8) is 0 Å². The van der Waals surface area contributed by atoms with E-state index in [1.165, 1.54) is 23.2 Å². The van der Waals surface area contributed by atoms with Crippen molar-refractivity contribution >= 4 is 11.5 Å². The summed E-state index contributed by atoms with van der Waals surface area (Å²) in [6.07, 6.45) is -3.38. The highest BCUT2D eigenvalue weighted by molar-refractivity contribution is 5.91. The maximum absolute atomic E-state index is 14.0. The molecule has 0 saturated heterocycles. The molecule has 2 aliphatic rings. The molecule has 0 saturated carbocycles. The topological polar surface area (TPSA) is 40.5 Å². The Morgan fingerprint density at radius 3 is 2.69 bits per heavy atom. The van der Waals surface area contributed by atoms with Crippen molar-refractivity contribution in [2.45, 2.75) is 12.6 Å². The standard InChI is InChI=1S/C16H12F6N4/c17-13(18)8-25-15-24-7-11(10-2-1-4-23-14(10)19)12-6-9(16(20,21)22)3-5-26(12)15/h1-6,13H,7-8H2,(H,24,25). The zero-order valence-electron chi connectivity index (χ0n) is 13.1. The van der Waals surface area contributed by atoms with Crippen LogP contribution in [0.25, 0.3) is 5.57 Å². The number of halogens is 6. The third-order valence-electron chi connectivity index (χ3n) is 3.71. The molecule has 0 unspecified atom stereocenters. The summed E-state index contributed by atoms with van der Waals surface area (Å²) in [6.45, 7) is -0.904. The second-order valence-electron chi connectivity index (χ2n) is 5.40. The Morgan fingerprint density at radius 1 is 1.27 bits per heavy atom. The lowest BCUT2D eigenvalue weighted by molar-refractivity contribution is -0.0885. The van der Waals surface area contributed by atoms with Crippen LogP contribution in [0.3, 0.4) is 0 Å². The monoisotopic (exact) mass is 374 g/mol. The van der Waals surface area contributed by atoms with Gasteiger partial charge >= 0.3 is 6.18 Å². The minimum absolute atomic E-state index is 0.00140. The van der Waals surface area contributed by atoms with Gasteiger partial charge in [0.05, 0.1) is 24.4 Å². The first-order valence-electron chi connectivity index (χ1n) is 7.44. The minimum atomic E-state index is -4.61. The predicted octanol–water partition coefficient (Wildman–Crippen LogP) is 3.47. The first kappa shape index (κ1) is 18.0. The molecule has 2 aliphatic heterocycles. The van der Waals surface area contributed by atoms with E-state index in [0.717, 1.165) is 18.4 Å². The summed E-state index contributed by atoms with van der Waals surface area (Å²) in [5, 5.41) is 2.38. The molecule has 0 aromatic carbocycles. The van der Waals surface area contributed by atoms with Crippen LogP contribution in [0.1, 0.15) is 5.56 Å². The molecule has 1 N–H and O–H groups in total. The van der Waals surface area contributed by atoms with Crippen LogP contribution in [0.2, 0.25) is 0 Å². The highest BCUT2D eigenvalue weighted by Crippen LogP contribution is 2.36. The third-order valence-corrected chi connectivity index (χ3v) is 3.71. The maximum atomic E-state index is 14.0. The predicted molar refractivity (Wildman–Crippen MR) is 82.5 cm³/mol. The summed E-state index contributed by atoms with van der Waals surface area (Å²) in [4.78, 5) is 8.73. The van der Waals surface area contributed by atoms with Crippen molar-refractivity contribution in [1.82, 2.24) is 15.2 Å². The normalized spacial score (nSPS) is 17.3. The number of allylic oxidation sites excluding steroid dienone is 3. The van der Waals surface area contributed by atoms with Gasteiger partial charge in [0.1, 0.15) is 0 Å². The summed E-state index contributed by atoms with van der Waals surface area (Å²) < 4.78 is 78.1. The number of nitrogens with one attached hydrogen (secondary N) is 1. The zero-order chi connectivity index (χ0) is 18.9. The number of nitrogens with zero attached hydrogens (tertiary/aromatic N) is 3. The van der Waals surface area contributed by atoms with E-state index in [-0.39, 0.29) is 29.3 Å². The fourth-order valence-electron chi connectivity index (χ4n) is 2.55. The number of aliphatic imine (C=N–C) groups is 1. The molecule has 0 atom stereocenters. The van der Waals surface area contributed by atoms with Crippen LogP contribution < -0.4 is 5.32 Å². The molecule has 26 heavy (non-hydrogen) atoms. The Hall–Kier alpha value is -2.78. The minimum Gasteiger partial charge on any atom is -0.350 e. The van der Waals surface area contributed by atoms with Gasteiger partial charge in [-0.05, 0) is 24.3 Å². The highest BCUT2D eigenvalue weighted by Gasteiger charge is 2.36. The molecular formula is C16H12F6N4. The Balaban J connectivity index is 2.06. The van der Waals surface area contributed by atoms with E-state index in [1.807, 2.05) is 0 Å². The number of alkyl halides is 5. The molecule has 0 aliphatic carbocycles. The van der Waals surface area contributed by atoms with Crippen LogP contribution in [0.15, 0.2) is 52.9 Å². The lowest BCUT2D eigenvalue weighted by Gasteiger charge is -2.33. The Kier molecular flexibility index (Phi) is 4.75. The van der Waals surface area contributed by atoms with Crippen LogP contribution in [-0.4, -0.2) is 41.5 Å². The fourth-order valence-corrected chi connectivity index (χ4v) is 2.55. The molecule has 0 bridgehead atoms. The van der Waals surface area contributed by atoms with Crippen LogP contribution in [0, 0.1) is 5.95 Å². The number of fused-ring (bicyclic) bond motifs is 1. The van der Waals surface area contributed by atoms with Crippen LogP contribution in [-0.2, 0) is 0 Å². The molecule has 3 rings (SSSR count). The molecule has 4 nitrogen and oxygen atoms in total. The summed E-state index contributed by atoms with van der Waals surface area (Å²) in [5.74, 6) is -0.896. The van der Waals surface area contributed by atoms with E-state index in [2.05, 4.69) is 15.3 Å². The van der Waals surface area contributed by atoms with E-state index in [0.29, 0.717) is 0 Å². The Morgan fingerprint density at radius 2 is 2.04 bits per heavy atom. The van der Waals surface area contributed by atoms with Gasteiger partial charge < -0.3 is 5.32 Å². The van der Waals surface area contributed by atoms with Gasteiger partial charge in [0.25, 0.3) is 6.43 Å². The van der Waals surface area contributed by atoms with Crippen molar-refractivity contribution in [2.24, 2.45) is 4.99 Å². The van der Waals surface area contributed by atoms with Crippen molar-refractivity contribution < 1.29 is 26.3 Å². The van der Waals surface area contributed by atoms with Crippen LogP contribution in [0.5, 0.6) is 0 Å². The van der Waals surface area contributed by atoms with Crippen LogP contribution in [0.4, 0.5) is 26.3 Å². The van der Waals surface area contributed by atoms with Crippen molar-refractivity contribution in [3.05, 3.63) is 59.5 Å². The van der Waals surface area contributed by atoms with Gasteiger partial charge in [-0.3, -0.25) is 4.90 Å². The quantitative estimate of drug-likeness (QED) is 0.651. The Bertz CT molecular complexity index is 822. The maximum Gasteiger partial charge on any atom is 0.416 e. The number of aromatic nitrogens is 1. The van der Waals surface area contributed by atoms with E-state index in [9.17, 15) is 26.3 Å². The van der Waals surface area contributed by atoms with E-state index in [4.69, 9.17) is 0 Å². The van der Waals surface area contributed by atoms with Gasteiger partial charge in [-0.15, -0.1) is 0 Å². The number of hydrogen-bond acceptors (Lipinski definition) is 4. The first-order chi connectivity index (χ1) is 12.3. The largest absolute Gasteiger partial charge is 0.416 e. The van der Waals surface area contributed by atoms with Gasteiger partial charge in [-0.1, -0.05) is 0 Å². The molecule has 1 aromatic rings. The van der Waals surface area contributed by atoms with Gasteiger partial charge in [-0.25, -0.2) is 18.8 Å². The van der Waals surface area contributed by atoms with Gasteiger partial charge in [-0.2, -0.15) is 17.6 Å². The van der Waals surface area contributed by atoms with E-state index in [1.54, 1.807) is 0 Å². The molecule has 0 amide bonds. The summed E-state index contributed by atoms with van der Waals surface area (Å²) in [7, 11) is 0. The molecule has 0 spiro atoms. The van der Waals surface area contributed by atoms with Gasteiger partial charge in [0.2, 0.25) is 11.9 Å². The molecule has 0 radical (unpaired) electrons. The van der Waals surface area contributed by atoms with E-state index >= 15 is 0 Å². The van der Waals surface area contributed by atoms with Crippen LogP contribution >= 0.6 is 0 Å². The number of pyridine rings is 1. The average molecular weight is 374 g/mol. The number of guanidine groups is 1. The Labute approximate surface area is 144 Å². The lowest BCUT2D eigenvalue weighted by Crippen LogP contribution is -2.43. The third kappa shape index (κ3) is 3.58. The molecule has 1 aromatic heterocycles. The summed E-state index contributed by atoms with van der Waals surface area (Å²) in [5.41, 5.74) is -0.777. The average Bonchev–Trinajstić information content (AvgIpc) is 2.59. The van der Waals surface area contributed by atoms with E-state index < -0.39 is 30.7 Å². The number of hydrogen-bond donors (Lipinski definition) is 1. The van der Waals surface area contributed by atoms with Crippen molar-refractivity contribution in [1.29, 1.82) is 0 Å². The number of rotatable bonds is 3. The fraction of sp³-hybridized carbons (Fsp3) is 0.250. The second-order valence-corrected chi connectivity index (χ2v) is 5.40. The summed E-state index contributed by atoms with van der Waals surface area (Å²) in [6, 6.07) is 2.81. The van der Waals surface area contributed by atoms with Crippen molar-refractivity contribution in [3.8, 4) is 0 Å². The molecule has 10 heteroatoms. The molecule has 0 fully saturated rings.